The number of methoxy groups -OCH3 is 1. The van der Waals surface area contributed by atoms with Crippen molar-refractivity contribution in [1.29, 1.82) is 0 Å². The van der Waals surface area contributed by atoms with Crippen LogP contribution in [0.2, 0.25) is 0 Å². The molecule has 1 saturated heterocycles. The van der Waals surface area contributed by atoms with E-state index in [4.69, 9.17) is 10.5 Å². The van der Waals surface area contributed by atoms with Gasteiger partial charge >= 0.3 is 0 Å². The molecule has 1 aliphatic rings. The van der Waals surface area contributed by atoms with Crippen LogP contribution in [0.3, 0.4) is 0 Å². The van der Waals surface area contributed by atoms with Crippen molar-refractivity contribution in [1.82, 2.24) is 0 Å². The molecular weight excluding hydrogens is 200 g/mol. The molecule has 1 atom stereocenters. The number of nitrogens with two attached hydrogens (primary N) is 1. The van der Waals surface area contributed by atoms with E-state index in [-0.39, 0.29) is 0 Å². The smallest absolute Gasteiger partial charge is 0.121 e. The Hall–Kier alpha value is -1.38. The second-order valence-electron chi connectivity index (χ2n) is 4.62. The summed E-state index contributed by atoms with van der Waals surface area (Å²) < 4.78 is 5.25. The van der Waals surface area contributed by atoms with Crippen molar-refractivity contribution >= 4 is 11.4 Å². The maximum Gasteiger partial charge on any atom is 0.121 e. The Morgan fingerprint density at radius 2 is 2.25 bits per heavy atom. The van der Waals surface area contributed by atoms with Gasteiger partial charge in [-0.1, -0.05) is 6.92 Å². The van der Waals surface area contributed by atoms with Crippen LogP contribution in [0, 0.1) is 5.92 Å². The molecule has 88 valence electrons. The van der Waals surface area contributed by atoms with Gasteiger partial charge in [0.1, 0.15) is 5.75 Å². The van der Waals surface area contributed by atoms with Crippen molar-refractivity contribution in [2.24, 2.45) is 5.92 Å². The number of nitrogen functional groups attached to an aromatic ring is 1. The van der Waals surface area contributed by atoms with Crippen LogP contribution in [0.25, 0.3) is 0 Å². The van der Waals surface area contributed by atoms with Crippen LogP contribution < -0.4 is 15.4 Å². The van der Waals surface area contributed by atoms with Crippen molar-refractivity contribution in [2.75, 3.05) is 30.8 Å². The van der Waals surface area contributed by atoms with E-state index >= 15 is 0 Å². The normalized spacial score (nSPS) is 20.9. The van der Waals surface area contributed by atoms with E-state index in [1.807, 2.05) is 18.2 Å². The molecule has 1 aromatic carbocycles. The number of rotatable bonds is 2. The molecule has 0 amide bonds. The minimum atomic E-state index is 0.749. The lowest BCUT2D eigenvalue weighted by Gasteiger charge is -2.33. The van der Waals surface area contributed by atoms with Gasteiger partial charge in [0.2, 0.25) is 0 Å². The van der Waals surface area contributed by atoms with E-state index in [1.54, 1.807) is 7.11 Å². The number of nitrogens with zero attached hydrogens (tertiary/aromatic N) is 1. The fourth-order valence-electron chi connectivity index (χ4n) is 2.33. The lowest BCUT2D eigenvalue weighted by Crippen LogP contribution is -2.34. The second-order valence-corrected chi connectivity index (χ2v) is 4.62. The molecule has 2 rings (SSSR count). The molecule has 3 nitrogen and oxygen atoms in total. The Labute approximate surface area is 97.2 Å². The van der Waals surface area contributed by atoms with Gasteiger partial charge in [-0.15, -0.1) is 0 Å². The minimum absolute atomic E-state index is 0.749. The molecule has 1 unspecified atom stereocenters. The second kappa shape index (κ2) is 4.64. The third-order valence-electron chi connectivity index (χ3n) is 3.24. The zero-order valence-electron chi connectivity index (χ0n) is 10.1. The van der Waals surface area contributed by atoms with Gasteiger partial charge in [-0.05, 0) is 30.9 Å². The Morgan fingerprint density at radius 1 is 1.44 bits per heavy atom. The van der Waals surface area contributed by atoms with Gasteiger partial charge in [0.25, 0.3) is 0 Å². The van der Waals surface area contributed by atoms with E-state index in [1.165, 1.54) is 12.8 Å². The van der Waals surface area contributed by atoms with Crippen molar-refractivity contribution in [3.05, 3.63) is 18.2 Å². The summed E-state index contributed by atoms with van der Waals surface area (Å²) >= 11 is 0. The molecule has 0 spiro atoms. The number of benzene rings is 1. The van der Waals surface area contributed by atoms with Gasteiger partial charge in [-0.3, -0.25) is 0 Å². The Balaban J connectivity index is 2.24. The Bertz CT molecular complexity index is 365. The average molecular weight is 220 g/mol. The summed E-state index contributed by atoms with van der Waals surface area (Å²) in [5, 5.41) is 0. The van der Waals surface area contributed by atoms with E-state index < -0.39 is 0 Å². The summed E-state index contributed by atoms with van der Waals surface area (Å²) in [6.45, 7) is 4.49. The van der Waals surface area contributed by atoms with E-state index in [0.29, 0.717) is 0 Å². The average Bonchev–Trinajstić information content (AvgIpc) is 2.30. The van der Waals surface area contributed by atoms with E-state index in [2.05, 4.69) is 11.8 Å². The molecule has 1 aromatic rings. The minimum Gasteiger partial charge on any atom is -0.497 e. The van der Waals surface area contributed by atoms with Crippen molar-refractivity contribution < 1.29 is 4.74 Å². The molecule has 16 heavy (non-hydrogen) atoms. The fraction of sp³-hybridized carbons (Fsp3) is 0.538. The van der Waals surface area contributed by atoms with Gasteiger partial charge in [0, 0.05) is 19.2 Å². The number of hydrogen-bond acceptors (Lipinski definition) is 3. The first-order valence-corrected chi connectivity index (χ1v) is 5.89. The predicted octanol–water partition coefficient (Wildman–Crippen LogP) is 2.51. The first kappa shape index (κ1) is 11.1. The molecular formula is C13H20N2O. The summed E-state index contributed by atoms with van der Waals surface area (Å²) in [6, 6.07) is 5.87. The largest absolute Gasteiger partial charge is 0.497 e. The summed E-state index contributed by atoms with van der Waals surface area (Å²) in [5.41, 5.74) is 7.98. The van der Waals surface area contributed by atoms with E-state index in [9.17, 15) is 0 Å². The first-order chi connectivity index (χ1) is 7.70. The van der Waals surface area contributed by atoms with Crippen LogP contribution >= 0.6 is 0 Å². The monoisotopic (exact) mass is 220 g/mol. The highest BCUT2D eigenvalue weighted by atomic mass is 16.5. The topological polar surface area (TPSA) is 38.5 Å². The molecule has 1 aliphatic heterocycles. The lowest BCUT2D eigenvalue weighted by molar-refractivity contribution is 0.413. The summed E-state index contributed by atoms with van der Waals surface area (Å²) in [5.74, 6) is 1.63. The number of hydrogen-bond donors (Lipinski definition) is 1. The molecule has 2 N–H and O–H groups in total. The molecule has 0 radical (unpaired) electrons. The first-order valence-electron chi connectivity index (χ1n) is 5.89. The zero-order valence-corrected chi connectivity index (χ0v) is 10.1. The fourth-order valence-corrected chi connectivity index (χ4v) is 2.33. The third-order valence-corrected chi connectivity index (χ3v) is 3.24. The zero-order chi connectivity index (χ0) is 11.5. The summed E-state index contributed by atoms with van der Waals surface area (Å²) in [4.78, 5) is 2.37. The predicted molar refractivity (Wildman–Crippen MR) is 68.0 cm³/mol. The van der Waals surface area contributed by atoms with Crippen molar-refractivity contribution in [2.45, 2.75) is 19.8 Å². The van der Waals surface area contributed by atoms with E-state index in [0.717, 1.165) is 36.1 Å². The molecule has 0 aliphatic carbocycles. The molecule has 0 saturated carbocycles. The summed E-state index contributed by atoms with van der Waals surface area (Å²) in [7, 11) is 1.69. The standard InChI is InChI=1S/C13H20N2O/c1-10-4-3-7-15(9-10)13-8-11(16-2)5-6-12(13)14/h5-6,8,10H,3-4,7,9,14H2,1-2H3. The maximum absolute atomic E-state index is 6.02. The highest BCUT2D eigenvalue weighted by Crippen LogP contribution is 2.31. The van der Waals surface area contributed by atoms with Crippen molar-refractivity contribution in [3.8, 4) is 5.75 Å². The quantitative estimate of drug-likeness (QED) is 0.778. The van der Waals surface area contributed by atoms with Gasteiger partial charge in [-0.25, -0.2) is 0 Å². The van der Waals surface area contributed by atoms with Gasteiger partial charge < -0.3 is 15.4 Å². The molecule has 1 fully saturated rings. The van der Waals surface area contributed by atoms with Crippen LogP contribution in [-0.4, -0.2) is 20.2 Å². The van der Waals surface area contributed by atoms with Crippen LogP contribution in [0.4, 0.5) is 11.4 Å². The number of ether oxygens (including phenoxy) is 1. The summed E-state index contributed by atoms with van der Waals surface area (Å²) in [6.07, 6.45) is 2.57. The number of piperidine rings is 1. The third kappa shape index (κ3) is 2.23. The molecule has 1 heterocycles. The van der Waals surface area contributed by atoms with Gasteiger partial charge in [-0.2, -0.15) is 0 Å². The Morgan fingerprint density at radius 3 is 2.94 bits per heavy atom. The highest BCUT2D eigenvalue weighted by Gasteiger charge is 2.18. The molecule has 3 heteroatoms. The van der Waals surface area contributed by atoms with Crippen LogP contribution in [0.5, 0.6) is 5.75 Å². The number of anilines is 2. The highest BCUT2D eigenvalue weighted by molar-refractivity contribution is 5.69. The SMILES string of the molecule is COc1ccc(N)c(N2CCCC(C)C2)c1. The van der Waals surface area contributed by atoms with Crippen LogP contribution in [-0.2, 0) is 0 Å². The molecule has 0 aromatic heterocycles. The van der Waals surface area contributed by atoms with Gasteiger partial charge in [0.05, 0.1) is 18.5 Å². The molecule has 0 bridgehead atoms. The van der Waals surface area contributed by atoms with Gasteiger partial charge in [0.15, 0.2) is 0 Å². The lowest BCUT2D eigenvalue weighted by atomic mass is 9.99. The van der Waals surface area contributed by atoms with Crippen molar-refractivity contribution in [3.63, 3.8) is 0 Å². The van der Waals surface area contributed by atoms with Crippen LogP contribution in [0.15, 0.2) is 18.2 Å². The van der Waals surface area contributed by atoms with Crippen LogP contribution in [0.1, 0.15) is 19.8 Å². The Kier molecular flexibility index (Phi) is 3.22. The maximum atomic E-state index is 6.02.